The Labute approximate surface area is 187 Å². The van der Waals surface area contributed by atoms with Crippen LogP contribution >= 0.6 is 0 Å². The highest BCUT2D eigenvalue weighted by atomic mass is 32.2. The van der Waals surface area contributed by atoms with Gasteiger partial charge in [-0.1, -0.05) is 57.5 Å². The van der Waals surface area contributed by atoms with E-state index in [9.17, 15) is 13.2 Å². The first-order valence-electron chi connectivity index (χ1n) is 10.5. The van der Waals surface area contributed by atoms with Crippen molar-refractivity contribution in [1.29, 1.82) is 0 Å². The Morgan fingerprint density at radius 2 is 1.52 bits per heavy atom. The van der Waals surface area contributed by atoms with E-state index in [2.05, 4.69) is 48.6 Å². The van der Waals surface area contributed by atoms with E-state index < -0.39 is 26.3 Å². The molecule has 0 saturated heterocycles. The summed E-state index contributed by atoms with van der Waals surface area (Å²) in [4.78, 5) is 12.7. The van der Waals surface area contributed by atoms with E-state index in [1.165, 1.54) is 0 Å². The molecule has 0 spiro atoms. The summed E-state index contributed by atoms with van der Waals surface area (Å²) < 4.78 is 34.5. The maximum Gasteiger partial charge on any atom is 0.310 e. The summed E-state index contributed by atoms with van der Waals surface area (Å²) in [5.74, 6) is -0.319. The lowest BCUT2D eigenvalue weighted by Crippen LogP contribution is -2.66. The SMILES string of the molecule is CCOC(=O)Cc1ccc2c(c1)N(N([Si](C)(C)C)[Si](C)(C)C)c1ccccc1S2(=O)=O. The van der Waals surface area contributed by atoms with Crippen molar-refractivity contribution >= 4 is 43.7 Å². The van der Waals surface area contributed by atoms with Crippen LogP contribution in [0.3, 0.4) is 0 Å². The highest BCUT2D eigenvalue weighted by Crippen LogP contribution is 2.47. The van der Waals surface area contributed by atoms with Crippen LogP contribution in [0.15, 0.2) is 52.3 Å². The third kappa shape index (κ3) is 4.50. The van der Waals surface area contributed by atoms with Gasteiger partial charge in [-0.25, -0.2) is 8.42 Å². The Hall–Kier alpha value is -1.95. The van der Waals surface area contributed by atoms with Gasteiger partial charge < -0.3 is 4.74 Å². The molecule has 0 N–H and O–H groups in total. The number of esters is 1. The standard InChI is InChI=1S/C22H32N2O4SSi2/c1-8-28-22(25)16-17-13-14-21-19(15-17)23(24(30(2,3)4)31(5,6)7)18-11-9-10-12-20(18)29(21,26)27/h9-15H,8,16H2,1-7H3. The van der Waals surface area contributed by atoms with Crippen LogP contribution in [0.1, 0.15) is 12.5 Å². The van der Waals surface area contributed by atoms with Gasteiger partial charge in [-0.2, -0.15) is 0 Å². The number of hydrazine groups is 1. The van der Waals surface area contributed by atoms with Crippen molar-refractivity contribution in [3.63, 3.8) is 0 Å². The molecule has 0 saturated carbocycles. The van der Waals surface area contributed by atoms with E-state index in [1.54, 1.807) is 31.2 Å². The molecule has 0 fully saturated rings. The maximum atomic E-state index is 13.5. The molecule has 3 rings (SSSR count). The quantitative estimate of drug-likeness (QED) is 0.433. The minimum Gasteiger partial charge on any atom is -0.466 e. The third-order valence-corrected chi connectivity index (χ3v) is 13.9. The first kappa shape index (κ1) is 23.7. The molecule has 0 bridgehead atoms. The predicted octanol–water partition coefficient (Wildman–Crippen LogP) is 4.96. The van der Waals surface area contributed by atoms with Crippen molar-refractivity contribution in [3.05, 3.63) is 48.0 Å². The minimum atomic E-state index is -3.67. The monoisotopic (exact) mass is 476 g/mol. The van der Waals surface area contributed by atoms with Gasteiger partial charge in [0.15, 0.2) is 0 Å². The molecule has 0 unspecified atom stereocenters. The number of rotatable bonds is 6. The molecule has 0 radical (unpaired) electrons. The van der Waals surface area contributed by atoms with Gasteiger partial charge in [0, 0.05) is 0 Å². The molecule has 1 heterocycles. The molecular formula is C22H32N2O4SSi2. The average molecular weight is 477 g/mol. The molecule has 2 aromatic rings. The zero-order valence-corrected chi connectivity index (χ0v) is 22.2. The Morgan fingerprint density at radius 3 is 2.10 bits per heavy atom. The lowest BCUT2D eigenvalue weighted by atomic mass is 10.1. The van der Waals surface area contributed by atoms with Gasteiger partial charge in [0.2, 0.25) is 9.84 Å². The van der Waals surface area contributed by atoms with E-state index in [0.717, 1.165) is 5.56 Å². The van der Waals surface area contributed by atoms with Crippen molar-refractivity contribution in [2.75, 3.05) is 11.6 Å². The van der Waals surface area contributed by atoms with E-state index in [4.69, 9.17) is 4.74 Å². The van der Waals surface area contributed by atoms with Crippen LogP contribution < -0.4 is 5.01 Å². The molecule has 1 aliphatic heterocycles. The molecule has 6 nitrogen and oxygen atoms in total. The smallest absolute Gasteiger partial charge is 0.310 e. The summed E-state index contributed by atoms with van der Waals surface area (Å²) in [7, 11) is -7.51. The van der Waals surface area contributed by atoms with Gasteiger partial charge in [0.05, 0.1) is 34.2 Å². The molecule has 168 valence electrons. The van der Waals surface area contributed by atoms with Crippen LogP contribution in [0.25, 0.3) is 0 Å². The van der Waals surface area contributed by atoms with Crippen LogP contribution in [0.5, 0.6) is 0 Å². The summed E-state index contributed by atoms with van der Waals surface area (Å²) in [6, 6.07) is 12.4. The first-order chi connectivity index (χ1) is 14.3. The van der Waals surface area contributed by atoms with E-state index in [1.807, 2.05) is 18.2 Å². The molecule has 0 atom stereocenters. The predicted molar refractivity (Wildman–Crippen MR) is 129 cm³/mol. The number of sulfone groups is 1. The maximum absolute atomic E-state index is 13.5. The third-order valence-electron chi connectivity index (χ3n) is 5.05. The van der Waals surface area contributed by atoms with Crippen LogP contribution in [0, 0.1) is 0 Å². The Morgan fingerprint density at radius 1 is 0.935 bits per heavy atom. The van der Waals surface area contributed by atoms with Crippen molar-refractivity contribution in [2.24, 2.45) is 0 Å². The van der Waals surface area contributed by atoms with Gasteiger partial charge in [-0.15, -0.1) is 0 Å². The van der Waals surface area contributed by atoms with Gasteiger partial charge in [-0.05, 0) is 36.8 Å². The van der Waals surface area contributed by atoms with E-state index in [0.29, 0.717) is 22.9 Å². The molecule has 31 heavy (non-hydrogen) atoms. The number of benzene rings is 2. The second-order valence-electron chi connectivity index (χ2n) is 9.72. The number of carbonyl (C=O) groups excluding carboxylic acids is 1. The van der Waals surface area contributed by atoms with E-state index >= 15 is 0 Å². The second kappa shape index (κ2) is 8.20. The van der Waals surface area contributed by atoms with E-state index in [-0.39, 0.29) is 17.3 Å². The summed E-state index contributed by atoms with van der Waals surface area (Å²) >= 11 is 0. The Balaban J connectivity index is 2.30. The number of hydrogen-bond donors (Lipinski definition) is 0. The van der Waals surface area contributed by atoms with Gasteiger partial charge >= 0.3 is 5.97 Å². The number of anilines is 2. The summed E-state index contributed by atoms with van der Waals surface area (Å²) in [5.41, 5.74) is 2.03. The van der Waals surface area contributed by atoms with Gasteiger partial charge in [0.25, 0.3) is 0 Å². The zero-order valence-electron chi connectivity index (χ0n) is 19.4. The number of nitrogens with zero attached hydrogens (tertiary/aromatic N) is 2. The topological polar surface area (TPSA) is 66.9 Å². The lowest BCUT2D eigenvalue weighted by Gasteiger charge is -2.52. The fraction of sp³-hybridized carbons (Fsp3) is 0.409. The number of hydrogen-bond acceptors (Lipinski definition) is 6. The van der Waals surface area contributed by atoms with Crippen molar-refractivity contribution < 1.29 is 17.9 Å². The molecule has 9 heteroatoms. The summed E-state index contributed by atoms with van der Waals surface area (Å²) in [6.45, 7) is 15.8. The second-order valence-corrected chi connectivity index (χ2v) is 21.6. The van der Waals surface area contributed by atoms with Crippen LogP contribution in [0.2, 0.25) is 39.3 Å². The molecule has 2 aromatic carbocycles. The normalized spacial score (nSPS) is 15.4. The number of carbonyl (C=O) groups is 1. The molecular weight excluding hydrogens is 444 g/mol. The zero-order chi connectivity index (χ0) is 23.2. The fourth-order valence-corrected chi connectivity index (χ4v) is 15.6. The van der Waals surface area contributed by atoms with Crippen LogP contribution in [-0.4, -0.2) is 41.8 Å². The highest BCUT2D eigenvalue weighted by Gasteiger charge is 2.45. The van der Waals surface area contributed by atoms with Crippen molar-refractivity contribution in [1.82, 2.24) is 4.34 Å². The molecule has 0 aliphatic carbocycles. The fourth-order valence-electron chi connectivity index (χ4n) is 4.37. The average Bonchev–Trinajstić information content (AvgIpc) is 2.63. The van der Waals surface area contributed by atoms with Crippen molar-refractivity contribution in [3.8, 4) is 0 Å². The van der Waals surface area contributed by atoms with Gasteiger partial charge in [-0.3, -0.25) is 14.1 Å². The van der Waals surface area contributed by atoms with Crippen LogP contribution in [0.4, 0.5) is 11.4 Å². The number of fused-ring (bicyclic) bond motifs is 2. The summed E-state index contributed by atoms with van der Waals surface area (Å²) in [6.07, 6.45) is 0.108. The summed E-state index contributed by atoms with van der Waals surface area (Å²) in [5, 5.41) is 2.12. The Kier molecular flexibility index (Phi) is 6.27. The van der Waals surface area contributed by atoms with Crippen LogP contribution in [-0.2, 0) is 25.8 Å². The van der Waals surface area contributed by atoms with Crippen molar-refractivity contribution in [2.45, 2.75) is 62.4 Å². The first-order valence-corrected chi connectivity index (χ1v) is 18.9. The lowest BCUT2D eigenvalue weighted by molar-refractivity contribution is -0.142. The molecule has 0 amide bonds. The van der Waals surface area contributed by atoms with Gasteiger partial charge in [0.1, 0.15) is 16.5 Å². The molecule has 1 aliphatic rings. The number of para-hydroxylation sites is 1. The number of ether oxygens (including phenoxy) is 1. The Bertz CT molecular complexity index is 1090. The largest absolute Gasteiger partial charge is 0.466 e. The molecule has 0 aromatic heterocycles. The minimum absolute atomic E-state index is 0.108. The highest BCUT2D eigenvalue weighted by molar-refractivity contribution is 7.92.